The van der Waals surface area contributed by atoms with Gasteiger partial charge in [0, 0.05) is 6.04 Å². The molecule has 1 heteroatoms. The third-order valence-electron chi connectivity index (χ3n) is 6.14. The van der Waals surface area contributed by atoms with Crippen molar-refractivity contribution in [2.75, 3.05) is 6.54 Å². The molecule has 5 atom stereocenters. The lowest BCUT2D eigenvalue weighted by Crippen LogP contribution is -2.38. The minimum absolute atomic E-state index is 0.894. The van der Waals surface area contributed by atoms with Crippen LogP contribution in [0.5, 0.6) is 0 Å². The summed E-state index contributed by atoms with van der Waals surface area (Å²) in [4.78, 5) is 0. The first-order valence-corrected chi connectivity index (χ1v) is 8.95. The van der Waals surface area contributed by atoms with Crippen LogP contribution in [0.1, 0.15) is 71.6 Å². The molecular formula is C18H33N. The Balaban J connectivity index is 1.58. The number of hydrogen-bond acceptors (Lipinski definition) is 1. The lowest BCUT2D eigenvalue weighted by atomic mass is 9.64. The summed E-state index contributed by atoms with van der Waals surface area (Å²) in [6.45, 7) is 6.30. The number of hydrogen-bond donors (Lipinski definition) is 1. The van der Waals surface area contributed by atoms with Gasteiger partial charge in [-0.05, 0) is 68.2 Å². The van der Waals surface area contributed by atoms with Gasteiger partial charge in [-0.15, -0.1) is 0 Å². The average molecular weight is 263 g/mol. The molecule has 0 aromatic heterocycles. The summed E-state index contributed by atoms with van der Waals surface area (Å²) in [6.07, 6.45) is 13.4. The maximum atomic E-state index is 3.82. The maximum Gasteiger partial charge on any atom is 0.00683 e. The van der Waals surface area contributed by atoms with Crippen molar-refractivity contribution in [2.45, 2.75) is 77.7 Å². The Morgan fingerprint density at radius 2 is 1.63 bits per heavy atom. The Hall–Kier alpha value is -0.0400. The molecule has 3 aliphatic rings. The SMILES string of the molecule is CC1CCCC(C2CC(C)CCC2CNC2CC2)C1. The van der Waals surface area contributed by atoms with E-state index in [9.17, 15) is 0 Å². The van der Waals surface area contributed by atoms with Gasteiger partial charge in [-0.25, -0.2) is 0 Å². The Morgan fingerprint density at radius 3 is 2.37 bits per heavy atom. The summed E-state index contributed by atoms with van der Waals surface area (Å²) >= 11 is 0. The van der Waals surface area contributed by atoms with Crippen molar-refractivity contribution in [3.8, 4) is 0 Å². The normalized spacial score (nSPS) is 44.2. The van der Waals surface area contributed by atoms with Gasteiger partial charge in [0.05, 0.1) is 0 Å². The molecule has 0 heterocycles. The van der Waals surface area contributed by atoms with Gasteiger partial charge in [0.25, 0.3) is 0 Å². The van der Waals surface area contributed by atoms with Crippen molar-refractivity contribution < 1.29 is 0 Å². The van der Waals surface area contributed by atoms with Crippen LogP contribution in [-0.4, -0.2) is 12.6 Å². The Bertz CT molecular complexity index is 283. The van der Waals surface area contributed by atoms with Crippen molar-refractivity contribution in [3.05, 3.63) is 0 Å². The third kappa shape index (κ3) is 3.74. The molecule has 1 N–H and O–H groups in total. The summed E-state index contributed by atoms with van der Waals surface area (Å²) in [7, 11) is 0. The molecule has 3 saturated carbocycles. The maximum absolute atomic E-state index is 3.82. The second-order valence-corrected chi connectivity index (χ2v) is 8.06. The van der Waals surface area contributed by atoms with Gasteiger partial charge in [0.2, 0.25) is 0 Å². The van der Waals surface area contributed by atoms with E-state index in [1.807, 2.05) is 0 Å². The summed E-state index contributed by atoms with van der Waals surface area (Å²) in [5, 5.41) is 3.82. The highest BCUT2D eigenvalue weighted by Crippen LogP contribution is 2.44. The molecule has 0 bridgehead atoms. The zero-order valence-electron chi connectivity index (χ0n) is 13.0. The van der Waals surface area contributed by atoms with Crippen molar-refractivity contribution in [1.82, 2.24) is 5.32 Å². The predicted molar refractivity (Wildman–Crippen MR) is 82.1 cm³/mol. The summed E-state index contributed by atoms with van der Waals surface area (Å²) in [5.74, 6) is 5.06. The Kier molecular flexibility index (Phi) is 4.51. The average Bonchev–Trinajstić information content (AvgIpc) is 3.21. The second-order valence-electron chi connectivity index (χ2n) is 8.06. The molecule has 1 nitrogen and oxygen atoms in total. The van der Waals surface area contributed by atoms with E-state index in [2.05, 4.69) is 19.2 Å². The largest absolute Gasteiger partial charge is 0.314 e. The highest BCUT2D eigenvalue weighted by molar-refractivity contribution is 4.89. The molecule has 3 aliphatic carbocycles. The molecule has 3 rings (SSSR count). The molecule has 19 heavy (non-hydrogen) atoms. The molecule has 0 saturated heterocycles. The molecule has 0 aromatic rings. The summed E-state index contributed by atoms with van der Waals surface area (Å²) in [6, 6.07) is 0.894. The van der Waals surface area contributed by atoms with Gasteiger partial charge in [-0.3, -0.25) is 0 Å². The fraction of sp³-hybridized carbons (Fsp3) is 1.00. The van der Waals surface area contributed by atoms with Gasteiger partial charge >= 0.3 is 0 Å². The highest BCUT2D eigenvalue weighted by Gasteiger charge is 2.36. The minimum atomic E-state index is 0.894. The fourth-order valence-electron chi connectivity index (χ4n) is 4.79. The molecule has 0 aromatic carbocycles. The van der Waals surface area contributed by atoms with Crippen molar-refractivity contribution in [1.29, 1.82) is 0 Å². The van der Waals surface area contributed by atoms with Crippen LogP contribution in [0.2, 0.25) is 0 Å². The first-order valence-electron chi connectivity index (χ1n) is 8.95. The zero-order valence-corrected chi connectivity index (χ0v) is 13.0. The van der Waals surface area contributed by atoms with E-state index in [0.29, 0.717) is 0 Å². The van der Waals surface area contributed by atoms with Crippen LogP contribution in [0.25, 0.3) is 0 Å². The summed E-state index contributed by atoms with van der Waals surface area (Å²) < 4.78 is 0. The first-order chi connectivity index (χ1) is 9.22. The lowest BCUT2D eigenvalue weighted by molar-refractivity contribution is 0.0865. The molecule has 3 fully saturated rings. The van der Waals surface area contributed by atoms with Crippen LogP contribution < -0.4 is 5.32 Å². The van der Waals surface area contributed by atoms with Crippen LogP contribution in [-0.2, 0) is 0 Å². The lowest BCUT2D eigenvalue weighted by Gasteiger charge is -2.42. The third-order valence-corrected chi connectivity index (χ3v) is 6.14. The van der Waals surface area contributed by atoms with E-state index in [4.69, 9.17) is 0 Å². The highest BCUT2D eigenvalue weighted by atomic mass is 14.9. The molecular weight excluding hydrogens is 230 g/mol. The van der Waals surface area contributed by atoms with E-state index < -0.39 is 0 Å². The van der Waals surface area contributed by atoms with Gasteiger partial charge in [-0.1, -0.05) is 39.5 Å². The minimum Gasteiger partial charge on any atom is -0.314 e. The molecule has 0 aliphatic heterocycles. The quantitative estimate of drug-likeness (QED) is 0.780. The predicted octanol–water partition coefficient (Wildman–Crippen LogP) is 4.62. The van der Waals surface area contributed by atoms with E-state index in [1.54, 1.807) is 0 Å². The van der Waals surface area contributed by atoms with E-state index in [0.717, 1.165) is 35.6 Å². The standard InChI is InChI=1S/C18H33N/c1-13-4-3-5-15(10-13)18-11-14(2)6-7-16(18)12-19-17-8-9-17/h13-19H,3-12H2,1-2H3. The van der Waals surface area contributed by atoms with Gasteiger partial charge < -0.3 is 5.32 Å². The van der Waals surface area contributed by atoms with E-state index in [-0.39, 0.29) is 0 Å². The van der Waals surface area contributed by atoms with Crippen molar-refractivity contribution in [3.63, 3.8) is 0 Å². The first kappa shape index (κ1) is 13.9. The van der Waals surface area contributed by atoms with Crippen LogP contribution >= 0.6 is 0 Å². The number of nitrogens with one attached hydrogen (secondary N) is 1. The molecule has 0 radical (unpaired) electrons. The van der Waals surface area contributed by atoms with Crippen LogP contribution in [0.4, 0.5) is 0 Å². The zero-order chi connectivity index (χ0) is 13.2. The van der Waals surface area contributed by atoms with Crippen LogP contribution in [0, 0.1) is 29.6 Å². The smallest absolute Gasteiger partial charge is 0.00683 e. The molecule has 0 amide bonds. The summed E-state index contributed by atoms with van der Waals surface area (Å²) in [5.41, 5.74) is 0. The number of rotatable bonds is 4. The fourth-order valence-corrected chi connectivity index (χ4v) is 4.79. The van der Waals surface area contributed by atoms with Crippen LogP contribution in [0.3, 0.4) is 0 Å². The van der Waals surface area contributed by atoms with E-state index >= 15 is 0 Å². The van der Waals surface area contributed by atoms with Crippen molar-refractivity contribution >= 4 is 0 Å². The molecule has 5 unspecified atom stereocenters. The van der Waals surface area contributed by atoms with Gasteiger partial charge in [-0.2, -0.15) is 0 Å². The molecule has 110 valence electrons. The Morgan fingerprint density at radius 1 is 0.842 bits per heavy atom. The van der Waals surface area contributed by atoms with Crippen molar-refractivity contribution in [2.24, 2.45) is 29.6 Å². The van der Waals surface area contributed by atoms with Crippen LogP contribution in [0.15, 0.2) is 0 Å². The van der Waals surface area contributed by atoms with Gasteiger partial charge in [0.15, 0.2) is 0 Å². The topological polar surface area (TPSA) is 12.0 Å². The van der Waals surface area contributed by atoms with E-state index in [1.165, 1.54) is 64.3 Å². The molecule has 0 spiro atoms. The Labute approximate surface area is 119 Å². The monoisotopic (exact) mass is 263 g/mol. The van der Waals surface area contributed by atoms with Gasteiger partial charge in [0.1, 0.15) is 0 Å². The second kappa shape index (κ2) is 6.16.